The maximum absolute atomic E-state index is 14.8. The number of aliphatic hydroxyl groups is 1. The molecule has 226 valence electrons. The molecule has 0 radical (unpaired) electrons. The predicted molar refractivity (Wildman–Crippen MR) is 148 cm³/mol. The van der Waals surface area contributed by atoms with Gasteiger partial charge in [0.15, 0.2) is 5.75 Å². The third kappa shape index (κ3) is 4.76. The van der Waals surface area contributed by atoms with Crippen LogP contribution in [0.1, 0.15) is 28.5 Å². The lowest BCUT2D eigenvalue weighted by Gasteiger charge is -2.32. The van der Waals surface area contributed by atoms with Gasteiger partial charge in [0.1, 0.15) is 47.6 Å². The molecule has 1 amide bonds. The standard InChI is InChI=1S/C30H24F4N6O4/c1-28(40-15-37-38-16-40)14-44-26-21(28)12-23(39-25(26)17-5-7-20(31)8-6-17)29(42,30(32,33)34)13-36-27(41)19-10-18-4-3-9-35-24(18)22(11-19)43-2/h3-12,15-16,42H,13-14H2,1-2H3,(H,36,41)/t28-,29-/m0/s1. The highest BCUT2D eigenvalue weighted by Crippen LogP contribution is 2.48. The molecule has 4 heterocycles. The lowest BCUT2D eigenvalue weighted by atomic mass is 9.88. The highest BCUT2D eigenvalue weighted by atomic mass is 19.4. The Morgan fingerprint density at radius 1 is 1.14 bits per heavy atom. The van der Waals surface area contributed by atoms with E-state index in [1.165, 1.54) is 50.2 Å². The van der Waals surface area contributed by atoms with Crippen molar-refractivity contribution in [3.05, 3.63) is 96.1 Å². The molecule has 3 aromatic heterocycles. The molecule has 0 aliphatic carbocycles. The molecule has 10 nitrogen and oxygen atoms in total. The van der Waals surface area contributed by atoms with Crippen molar-refractivity contribution in [3.63, 3.8) is 0 Å². The van der Waals surface area contributed by atoms with Crippen molar-refractivity contribution in [2.75, 3.05) is 20.3 Å². The number of hydrogen-bond acceptors (Lipinski definition) is 8. The summed E-state index contributed by atoms with van der Waals surface area (Å²) >= 11 is 0. The summed E-state index contributed by atoms with van der Waals surface area (Å²) in [7, 11) is 1.38. The van der Waals surface area contributed by atoms with Gasteiger partial charge in [0.2, 0.25) is 5.60 Å². The molecule has 44 heavy (non-hydrogen) atoms. The Morgan fingerprint density at radius 3 is 2.55 bits per heavy atom. The number of nitrogens with one attached hydrogen (secondary N) is 1. The number of pyridine rings is 2. The van der Waals surface area contributed by atoms with Gasteiger partial charge in [-0.2, -0.15) is 13.2 Å². The molecule has 2 atom stereocenters. The number of halogens is 4. The summed E-state index contributed by atoms with van der Waals surface area (Å²) in [5, 5.41) is 21.7. The normalized spacial score (nSPS) is 17.5. The van der Waals surface area contributed by atoms with E-state index in [-0.39, 0.29) is 40.5 Å². The van der Waals surface area contributed by atoms with Gasteiger partial charge in [0, 0.05) is 28.3 Å². The van der Waals surface area contributed by atoms with Crippen LogP contribution in [-0.2, 0) is 11.1 Å². The van der Waals surface area contributed by atoms with E-state index in [9.17, 15) is 27.5 Å². The van der Waals surface area contributed by atoms with Crippen molar-refractivity contribution in [2.45, 2.75) is 24.2 Å². The number of amides is 1. The highest BCUT2D eigenvalue weighted by Gasteiger charge is 2.57. The van der Waals surface area contributed by atoms with Gasteiger partial charge in [-0.05, 0) is 55.5 Å². The van der Waals surface area contributed by atoms with Gasteiger partial charge in [0.25, 0.3) is 5.91 Å². The topological polar surface area (TPSA) is 124 Å². The third-order valence-corrected chi connectivity index (χ3v) is 7.71. The molecule has 0 fully saturated rings. The van der Waals surface area contributed by atoms with Crippen LogP contribution < -0.4 is 14.8 Å². The number of ether oxygens (including phenoxy) is 2. The fourth-order valence-electron chi connectivity index (χ4n) is 5.15. The Kier molecular flexibility index (Phi) is 6.95. The summed E-state index contributed by atoms with van der Waals surface area (Å²) in [5.41, 5.74) is -4.61. The number of rotatable bonds is 7. The first-order chi connectivity index (χ1) is 20.9. The lowest BCUT2D eigenvalue weighted by molar-refractivity contribution is -0.265. The predicted octanol–water partition coefficient (Wildman–Crippen LogP) is 4.37. The quantitative estimate of drug-likeness (QED) is 0.261. The molecule has 0 unspecified atom stereocenters. The number of benzene rings is 2. The van der Waals surface area contributed by atoms with Gasteiger partial charge in [0.05, 0.1) is 19.3 Å². The van der Waals surface area contributed by atoms with Gasteiger partial charge in [-0.1, -0.05) is 6.07 Å². The van der Waals surface area contributed by atoms with Crippen molar-refractivity contribution in [2.24, 2.45) is 0 Å². The summed E-state index contributed by atoms with van der Waals surface area (Å²) < 4.78 is 71.0. The van der Waals surface area contributed by atoms with E-state index < -0.39 is 41.3 Å². The molecular weight excluding hydrogens is 584 g/mol. The molecule has 5 aromatic rings. The number of hydrogen-bond donors (Lipinski definition) is 2. The number of carbonyl (C=O) groups excluding carboxylic acids is 1. The average molecular weight is 609 g/mol. The van der Waals surface area contributed by atoms with Crippen LogP contribution in [0.15, 0.2) is 73.4 Å². The summed E-state index contributed by atoms with van der Waals surface area (Å²) in [6.45, 7) is 0.415. The Balaban J connectivity index is 1.44. The van der Waals surface area contributed by atoms with Crippen molar-refractivity contribution in [1.29, 1.82) is 0 Å². The van der Waals surface area contributed by atoms with Gasteiger partial charge in [-0.3, -0.25) is 9.78 Å². The van der Waals surface area contributed by atoms with Crippen LogP contribution in [0, 0.1) is 5.82 Å². The van der Waals surface area contributed by atoms with Gasteiger partial charge >= 0.3 is 6.18 Å². The van der Waals surface area contributed by atoms with E-state index in [0.29, 0.717) is 10.9 Å². The Labute approximate surface area is 247 Å². The fraction of sp³-hybridized carbons (Fsp3) is 0.233. The van der Waals surface area contributed by atoms with E-state index in [1.54, 1.807) is 23.6 Å². The number of methoxy groups -OCH3 is 1. The summed E-state index contributed by atoms with van der Waals surface area (Å²) in [4.78, 5) is 21.6. The monoisotopic (exact) mass is 608 g/mol. The van der Waals surface area contributed by atoms with Crippen LogP contribution in [0.4, 0.5) is 17.6 Å². The van der Waals surface area contributed by atoms with E-state index in [4.69, 9.17) is 9.47 Å². The average Bonchev–Trinajstić information content (AvgIpc) is 3.68. The second-order valence-corrected chi connectivity index (χ2v) is 10.5. The van der Waals surface area contributed by atoms with Crippen molar-refractivity contribution >= 4 is 16.8 Å². The lowest BCUT2D eigenvalue weighted by Crippen LogP contribution is -2.51. The zero-order valence-corrected chi connectivity index (χ0v) is 23.3. The van der Waals surface area contributed by atoms with Gasteiger partial charge < -0.3 is 24.5 Å². The highest BCUT2D eigenvalue weighted by molar-refractivity contribution is 5.99. The van der Waals surface area contributed by atoms with Crippen molar-refractivity contribution < 1.29 is 36.9 Å². The van der Waals surface area contributed by atoms with E-state index in [1.807, 2.05) is 0 Å². The SMILES string of the molecule is COc1cc(C(=O)NC[C@](O)(c2cc3c(c(-c4ccc(F)cc4)n2)OC[C@]3(C)n2cnnc2)C(F)(F)F)cc2cccnc12. The third-order valence-electron chi connectivity index (χ3n) is 7.71. The second-order valence-electron chi connectivity index (χ2n) is 10.5. The molecule has 6 rings (SSSR count). The minimum Gasteiger partial charge on any atom is -0.494 e. The first-order valence-corrected chi connectivity index (χ1v) is 13.2. The smallest absolute Gasteiger partial charge is 0.424 e. The summed E-state index contributed by atoms with van der Waals surface area (Å²) in [6.07, 6.45) is -0.977. The maximum Gasteiger partial charge on any atom is 0.424 e. The Bertz CT molecular complexity index is 1870. The van der Waals surface area contributed by atoms with Gasteiger partial charge in [-0.15, -0.1) is 10.2 Å². The summed E-state index contributed by atoms with van der Waals surface area (Å²) in [5.74, 6) is -1.06. The molecule has 0 bridgehead atoms. The van der Waals surface area contributed by atoms with E-state index in [2.05, 4.69) is 25.5 Å². The number of nitrogens with zero attached hydrogens (tertiary/aromatic N) is 5. The van der Waals surface area contributed by atoms with E-state index >= 15 is 0 Å². The minimum absolute atomic E-state index is 0.00521. The van der Waals surface area contributed by atoms with Crippen molar-refractivity contribution in [3.8, 4) is 22.8 Å². The largest absolute Gasteiger partial charge is 0.494 e. The molecular formula is C30H24F4N6O4. The molecule has 14 heteroatoms. The second kappa shape index (κ2) is 10.6. The fourth-order valence-corrected chi connectivity index (χ4v) is 5.15. The van der Waals surface area contributed by atoms with Crippen LogP contribution in [0.25, 0.3) is 22.2 Å². The number of alkyl halides is 3. The number of aromatic nitrogens is 5. The number of fused-ring (bicyclic) bond motifs is 2. The van der Waals surface area contributed by atoms with Crippen LogP contribution in [0.5, 0.6) is 11.5 Å². The molecule has 2 N–H and O–H groups in total. The van der Waals surface area contributed by atoms with Crippen molar-refractivity contribution in [1.82, 2.24) is 30.0 Å². The zero-order chi connectivity index (χ0) is 31.3. The number of carbonyl (C=O) groups is 1. The molecule has 0 saturated heterocycles. The zero-order valence-electron chi connectivity index (χ0n) is 23.3. The van der Waals surface area contributed by atoms with Crippen LogP contribution in [0.3, 0.4) is 0 Å². The first-order valence-electron chi connectivity index (χ1n) is 13.2. The van der Waals surface area contributed by atoms with E-state index in [0.717, 1.165) is 18.2 Å². The molecule has 2 aromatic carbocycles. The van der Waals surface area contributed by atoms with Crippen LogP contribution in [-0.4, -0.2) is 62.2 Å². The van der Waals surface area contributed by atoms with Crippen LogP contribution >= 0.6 is 0 Å². The first kappa shape index (κ1) is 29.0. The van der Waals surface area contributed by atoms with Crippen LogP contribution in [0.2, 0.25) is 0 Å². The Hall–Kier alpha value is -5.11. The molecule has 0 spiro atoms. The minimum atomic E-state index is -5.29. The molecule has 0 saturated carbocycles. The molecule has 1 aliphatic heterocycles. The summed E-state index contributed by atoms with van der Waals surface area (Å²) in [6, 6.07) is 12.2. The maximum atomic E-state index is 14.8. The molecule has 1 aliphatic rings. The Morgan fingerprint density at radius 2 is 1.86 bits per heavy atom. The van der Waals surface area contributed by atoms with Gasteiger partial charge in [-0.25, -0.2) is 9.37 Å².